The Bertz CT molecular complexity index is 2850. The molecule has 2 aliphatic heterocycles. The molecule has 0 radical (unpaired) electrons. The molecule has 0 aromatic heterocycles. The van der Waals surface area contributed by atoms with Gasteiger partial charge in [-0.2, -0.15) is 0 Å². The zero-order valence-corrected chi connectivity index (χ0v) is 34.8. The highest BCUT2D eigenvalue weighted by molar-refractivity contribution is 7.00. The zero-order chi connectivity index (χ0) is 40.6. The second kappa shape index (κ2) is 13.9. The van der Waals surface area contributed by atoms with E-state index >= 15 is 0 Å². The summed E-state index contributed by atoms with van der Waals surface area (Å²) in [7, 11) is 0. The van der Waals surface area contributed by atoms with Gasteiger partial charge in [0.2, 0.25) is 0 Å². The number of anilines is 9. The van der Waals surface area contributed by atoms with Crippen molar-refractivity contribution in [1.29, 1.82) is 0 Å². The first-order valence-corrected chi connectivity index (χ1v) is 21.4. The van der Waals surface area contributed by atoms with Crippen LogP contribution in [0.3, 0.4) is 0 Å². The minimum Gasteiger partial charge on any atom is -0.311 e. The van der Waals surface area contributed by atoms with E-state index < -0.39 is 0 Å². The maximum Gasteiger partial charge on any atom is 0.252 e. The Kier molecular flexibility index (Phi) is 8.42. The van der Waals surface area contributed by atoms with Crippen molar-refractivity contribution in [3.63, 3.8) is 0 Å². The molecular weight excluding hydrogens is 725 g/mol. The molecule has 0 bridgehead atoms. The summed E-state index contributed by atoms with van der Waals surface area (Å²) in [6.45, 7) is 9.69. The van der Waals surface area contributed by atoms with Gasteiger partial charge in [-0.25, -0.2) is 0 Å². The average Bonchev–Trinajstić information content (AvgIpc) is 3.29. The maximum atomic E-state index is 2.52. The van der Waals surface area contributed by atoms with Crippen LogP contribution in [-0.4, -0.2) is 6.71 Å². The Morgan fingerprint density at radius 1 is 0.400 bits per heavy atom. The lowest BCUT2D eigenvalue weighted by Gasteiger charge is -2.44. The van der Waals surface area contributed by atoms with Crippen LogP contribution < -0.4 is 31.1 Å². The predicted octanol–water partition coefficient (Wildman–Crippen LogP) is 13.3. The third-order valence-corrected chi connectivity index (χ3v) is 13.5. The van der Waals surface area contributed by atoms with E-state index in [-0.39, 0.29) is 17.5 Å². The van der Waals surface area contributed by atoms with Crippen molar-refractivity contribution in [3.8, 4) is 11.1 Å². The Hall–Kier alpha value is -6.78. The molecule has 3 nitrogen and oxygen atoms in total. The molecule has 3 aliphatic rings. The Balaban J connectivity index is 1.11. The highest BCUT2D eigenvalue weighted by Crippen LogP contribution is 2.48. The lowest BCUT2D eigenvalue weighted by Crippen LogP contribution is -2.61. The third-order valence-electron chi connectivity index (χ3n) is 13.5. The van der Waals surface area contributed by atoms with Gasteiger partial charge in [0.05, 0.1) is 0 Å². The van der Waals surface area contributed by atoms with E-state index in [1.807, 2.05) is 0 Å². The van der Waals surface area contributed by atoms with Gasteiger partial charge >= 0.3 is 0 Å². The second-order valence-corrected chi connectivity index (χ2v) is 18.0. The summed E-state index contributed by atoms with van der Waals surface area (Å²) in [6.07, 6.45) is 2.42. The summed E-state index contributed by atoms with van der Waals surface area (Å²) in [4.78, 5) is 7.34. The number of benzene rings is 8. The topological polar surface area (TPSA) is 9.72 Å². The molecule has 0 spiro atoms. The van der Waals surface area contributed by atoms with Crippen LogP contribution in [0.15, 0.2) is 194 Å². The van der Waals surface area contributed by atoms with Crippen LogP contribution in [-0.2, 0) is 10.8 Å². The molecule has 11 rings (SSSR count). The normalized spacial score (nSPS) is 15.4. The van der Waals surface area contributed by atoms with Crippen molar-refractivity contribution in [2.75, 3.05) is 14.7 Å². The van der Waals surface area contributed by atoms with Gasteiger partial charge in [0.25, 0.3) is 6.71 Å². The summed E-state index contributed by atoms with van der Waals surface area (Å²) in [6, 6.07) is 71.8. The summed E-state index contributed by atoms with van der Waals surface area (Å²) < 4.78 is 0. The molecule has 8 aromatic carbocycles. The van der Waals surface area contributed by atoms with Crippen LogP contribution in [0.25, 0.3) is 11.1 Å². The van der Waals surface area contributed by atoms with E-state index in [0.29, 0.717) is 0 Å². The number of rotatable bonds is 6. The molecule has 0 atom stereocenters. The Morgan fingerprint density at radius 3 is 1.58 bits per heavy atom. The van der Waals surface area contributed by atoms with Crippen molar-refractivity contribution in [2.24, 2.45) is 0 Å². The summed E-state index contributed by atoms with van der Waals surface area (Å²) in [5, 5.41) is 0. The smallest absolute Gasteiger partial charge is 0.252 e. The van der Waals surface area contributed by atoms with E-state index in [9.17, 15) is 0 Å². The monoisotopic (exact) mass is 773 g/mol. The van der Waals surface area contributed by atoms with E-state index in [0.717, 1.165) is 28.4 Å². The van der Waals surface area contributed by atoms with E-state index in [1.165, 1.54) is 74.2 Å². The third kappa shape index (κ3) is 5.80. The summed E-state index contributed by atoms with van der Waals surface area (Å²) >= 11 is 0. The lowest BCUT2D eigenvalue weighted by molar-refractivity contribution is 0.332. The fourth-order valence-corrected chi connectivity index (χ4v) is 10.3. The molecule has 0 N–H and O–H groups in total. The predicted molar refractivity (Wildman–Crippen MR) is 256 cm³/mol. The van der Waals surface area contributed by atoms with Gasteiger partial charge in [0.15, 0.2) is 0 Å². The van der Waals surface area contributed by atoms with Crippen LogP contribution in [0.4, 0.5) is 51.2 Å². The molecule has 290 valence electrons. The van der Waals surface area contributed by atoms with E-state index in [2.05, 4.69) is 237 Å². The molecule has 0 saturated heterocycles. The maximum absolute atomic E-state index is 2.52. The Morgan fingerprint density at radius 2 is 0.917 bits per heavy atom. The molecule has 2 heterocycles. The van der Waals surface area contributed by atoms with Crippen molar-refractivity contribution in [2.45, 2.75) is 51.4 Å². The molecule has 0 fully saturated rings. The van der Waals surface area contributed by atoms with Gasteiger partial charge in [-0.1, -0.05) is 143 Å². The summed E-state index contributed by atoms with van der Waals surface area (Å²) in [5.74, 6) is 0. The van der Waals surface area contributed by atoms with E-state index in [4.69, 9.17) is 0 Å². The Labute approximate surface area is 355 Å². The van der Waals surface area contributed by atoms with Crippen LogP contribution in [0.2, 0.25) is 0 Å². The molecule has 1 aliphatic carbocycles. The number of nitrogens with zero attached hydrogens (tertiary/aromatic N) is 3. The molecule has 8 aromatic rings. The molecular formula is C56H48BN3. The van der Waals surface area contributed by atoms with Gasteiger partial charge in [0.1, 0.15) is 0 Å². The molecule has 0 saturated carbocycles. The fraction of sp³-hybridized carbons (Fsp3) is 0.143. The first-order chi connectivity index (χ1) is 29.3. The SMILES string of the molecule is CC1(C)CCC(C)(C)c2cc(-c3ccc(N4c5cc(N(c6ccccc6)c6ccccc6)ccc5B5c6ccccc6N(c6ccccc6)c6cccc4c65)cc3)ccc21. The fourth-order valence-electron chi connectivity index (χ4n) is 10.3. The van der Waals surface area contributed by atoms with E-state index in [1.54, 1.807) is 0 Å². The first-order valence-electron chi connectivity index (χ1n) is 21.4. The minimum atomic E-state index is 0.0527. The zero-order valence-electron chi connectivity index (χ0n) is 34.8. The number of fused-ring (bicyclic) bond motifs is 5. The second-order valence-electron chi connectivity index (χ2n) is 18.0. The van der Waals surface area contributed by atoms with Gasteiger partial charge < -0.3 is 14.7 Å². The van der Waals surface area contributed by atoms with Crippen LogP contribution in [0.1, 0.15) is 51.7 Å². The molecule has 4 heteroatoms. The standard InChI is InChI=1S/C56H48BN3/c1-55(2)35-36-56(3,4)47-37-40(29-33-46(47)55)39-27-30-44(31-28-39)60-52-26-16-25-51-54(52)57(48-23-14-15-24-50(48)59(51)43-21-12-7-13-22-43)49-34-32-45(38-53(49)60)58(41-17-8-5-9-18-41)42-19-10-6-11-20-42/h5-34,37-38H,35-36H2,1-4H3. The quantitative estimate of drug-likeness (QED) is 0.156. The highest BCUT2D eigenvalue weighted by atomic mass is 15.2. The van der Waals surface area contributed by atoms with Gasteiger partial charge in [0, 0.05) is 51.2 Å². The van der Waals surface area contributed by atoms with Crippen LogP contribution >= 0.6 is 0 Å². The minimum absolute atomic E-state index is 0.0527. The molecule has 0 amide bonds. The number of hydrogen-bond donors (Lipinski definition) is 0. The first kappa shape index (κ1) is 36.3. The van der Waals surface area contributed by atoms with Gasteiger partial charge in [-0.15, -0.1) is 0 Å². The van der Waals surface area contributed by atoms with Crippen molar-refractivity contribution in [1.82, 2.24) is 0 Å². The number of hydrogen-bond acceptors (Lipinski definition) is 3. The largest absolute Gasteiger partial charge is 0.311 e. The average molecular weight is 774 g/mol. The number of para-hydroxylation sites is 4. The van der Waals surface area contributed by atoms with Crippen LogP contribution in [0.5, 0.6) is 0 Å². The van der Waals surface area contributed by atoms with Crippen molar-refractivity contribution < 1.29 is 0 Å². The summed E-state index contributed by atoms with van der Waals surface area (Å²) in [5.41, 5.74) is 20.3. The van der Waals surface area contributed by atoms with Gasteiger partial charge in [-0.3, -0.25) is 0 Å². The molecule has 0 unspecified atom stereocenters. The van der Waals surface area contributed by atoms with Crippen LogP contribution in [0, 0.1) is 0 Å². The molecule has 60 heavy (non-hydrogen) atoms. The van der Waals surface area contributed by atoms with Crippen molar-refractivity contribution in [3.05, 3.63) is 205 Å². The lowest BCUT2D eigenvalue weighted by atomic mass is 9.33. The van der Waals surface area contributed by atoms with Gasteiger partial charge in [-0.05, 0) is 141 Å². The van der Waals surface area contributed by atoms with Crippen molar-refractivity contribution >= 4 is 74.3 Å². The highest BCUT2D eigenvalue weighted by Gasteiger charge is 2.43.